The molecule has 0 spiro atoms. The van der Waals surface area contributed by atoms with E-state index in [2.05, 4.69) is 5.32 Å². The molecule has 2 aromatic rings. The Balaban J connectivity index is 1.73. The summed E-state index contributed by atoms with van der Waals surface area (Å²) in [6.07, 6.45) is 5.87. The average Bonchev–Trinajstić information content (AvgIpc) is 2.80. The molecule has 0 unspecified atom stereocenters. The number of carbonyl (C=O) groups is 2. The van der Waals surface area contributed by atoms with Gasteiger partial charge in [0.25, 0.3) is 5.91 Å². The van der Waals surface area contributed by atoms with Crippen LogP contribution in [-0.4, -0.2) is 35.4 Å². The number of ether oxygens (including phenoxy) is 1. The molecule has 0 radical (unpaired) electrons. The second-order valence-corrected chi connectivity index (χ2v) is 8.52. The Bertz CT molecular complexity index is 877. The van der Waals surface area contributed by atoms with Crippen molar-refractivity contribution < 1.29 is 18.7 Å². The maximum Gasteiger partial charge on any atom is 0.261 e. The lowest BCUT2D eigenvalue weighted by atomic mass is 9.95. The molecular formula is C26H33FN2O3. The standard InChI is InChI=1S/C26H33FN2O3/c1-3-24(26(31)28-22-7-5-4-6-8-22)29(17-20-11-13-21(27)14-12-20)25(30)18-32-23-15-9-19(2)10-16-23/h9-16,22,24H,3-8,17-18H2,1-2H3,(H,28,31)/t24-/m0/s1. The molecule has 1 atom stereocenters. The smallest absolute Gasteiger partial charge is 0.261 e. The van der Waals surface area contributed by atoms with Gasteiger partial charge in [0.15, 0.2) is 6.61 Å². The van der Waals surface area contributed by atoms with E-state index in [0.717, 1.165) is 36.8 Å². The third-order valence-corrected chi connectivity index (χ3v) is 5.99. The molecular weight excluding hydrogens is 407 g/mol. The topological polar surface area (TPSA) is 58.6 Å². The van der Waals surface area contributed by atoms with Crippen molar-refractivity contribution in [1.29, 1.82) is 0 Å². The van der Waals surface area contributed by atoms with E-state index in [4.69, 9.17) is 4.74 Å². The van der Waals surface area contributed by atoms with E-state index in [1.807, 2.05) is 38.1 Å². The molecule has 1 saturated carbocycles. The highest BCUT2D eigenvalue weighted by molar-refractivity contribution is 5.88. The van der Waals surface area contributed by atoms with Crippen molar-refractivity contribution in [2.75, 3.05) is 6.61 Å². The van der Waals surface area contributed by atoms with Crippen LogP contribution in [0.25, 0.3) is 0 Å². The normalized spacial score (nSPS) is 15.1. The van der Waals surface area contributed by atoms with Gasteiger partial charge in [-0.2, -0.15) is 0 Å². The molecule has 1 fully saturated rings. The van der Waals surface area contributed by atoms with Crippen molar-refractivity contribution in [2.24, 2.45) is 0 Å². The zero-order valence-electron chi connectivity index (χ0n) is 19.0. The molecule has 0 bridgehead atoms. The van der Waals surface area contributed by atoms with E-state index in [9.17, 15) is 14.0 Å². The fourth-order valence-electron chi connectivity index (χ4n) is 4.11. The van der Waals surface area contributed by atoms with Crippen molar-refractivity contribution in [1.82, 2.24) is 10.2 Å². The summed E-state index contributed by atoms with van der Waals surface area (Å²) in [4.78, 5) is 27.9. The summed E-state index contributed by atoms with van der Waals surface area (Å²) < 4.78 is 19.1. The highest BCUT2D eigenvalue weighted by Crippen LogP contribution is 2.19. The van der Waals surface area contributed by atoms with Crippen molar-refractivity contribution in [3.63, 3.8) is 0 Å². The van der Waals surface area contributed by atoms with Crippen LogP contribution in [0.3, 0.4) is 0 Å². The Morgan fingerprint density at radius 3 is 2.34 bits per heavy atom. The Morgan fingerprint density at radius 1 is 1.06 bits per heavy atom. The van der Waals surface area contributed by atoms with Crippen molar-refractivity contribution >= 4 is 11.8 Å². The van der Waals surface area contributed by atoms with Gasteiger partial charge in [-0.25, -0.2) is 4.39 Å². The third-order valence-electron chi connectivity index (χ3n) is 5.99. The summed E-state index contributed by atoms with van der Waals surface area (Å²) in [6, 6.07) is 13.0. The molecule has 5 nitrogen and oxygen atoms in total. The van der Waals surface area contributed by atoms with Gasteiger partial charge >= 0.3 is 0 Å². The quantitative estimate of drug-likeness (QED) is 0.611. The first kappa shape index (κ1) is 23.8. The highest BCUT2D eigenvalue weighted by Gasteiger charge is 2.30. The highest BCUT2D eigenvalue weighted by atomic mass is 19.1. The zero-order chi connectivity index (χ0) is 22.9. The summed E-state index contributed by atoms with van der Waals surface area (Å²) in [5, 5.41) is 3.15. The molecule has 0 aliphatic heterocycles. The Morgan fingerprint density at radius 2 is 1.72 bits per heavy atom. The van der Waals surface area contributed by atoms with Gasteiger partial charge in [-0.15, -0.1) is 0 Å². The summed E-state index contributed by atoms with van der Waals surface area (Å²) >= 11 is 0. The summed E-state index contributed by atoms with van der Waals surface area (Å²) in [6.45, 7) is 3.93. The number of hydrogen-bond donors (Lipinski definition) is 1. The Hall–Kier alpha value is -2.89. The van der Waals surface area contributed by atoms with Crippen LogP contribution in [0, 0.1) is 12.7 Å². The van der Waals surface area contributed by atoms with E-state index in [1.165, 1.54) is 18.6 Å². The van der Waals surface area contributed by atoms with E-state index >= 15 is 0 Å². The molecule has 0 heterocycles. The van der Waals surface area contributed by atoms with Crippen LogP contribution >= 0.6 is 0 Å². The molecule has 1 N–H and O–H groups in total. The van der Waals surface area contributed by atoms with Crippen LogP contribution in [0.5, 0.6) is 5.75 Å². The van der Waals surface area contributed by atoms with E-state index < -0.39 is 6.04 Å². The van der Waals surface area contributed by atoms with Crippen molar-refractivity contribution in [3.8, 4) is 5.75 Å². The fraction of sp³-hybridized carbons (Fsp3) is 0.462. The predicted molar refractivity (Wildman–Crippen MR) is 123 cm³/mol. The van der Waals surface area contributed by atoms with Crippen LogP contribution in [0.4, 0.5) is 4.39 Å². The molecule has 0 saturated heterocycles. The van der Waals surface area contributed by atoms with E-state index in [0.29, 0.717) is 12.2 Å². The lowest BCUT2D eigenvalue weighted by molar-refractivity contribution is -0.143. The first-order chi connectivity index (χ1) is 15.5. The molecule has 32 heavy (non-hydrogen) atoms. The minimum Gasteiger partial charge on any atom is -0.484 e. The van der Waals surface area contributed by atoms with Gasteiger partial charge in [0.2, 0.25) is 5.91 Å². The molecule has 172 valence electrons. The van der Waals surface area contributed by atoms with Gasteiger partial charge < -0.3 is 15.0 Å². The van der Waals surface area contributed by atoms with Crippen molar-refractivity contribution in [3.05, 3.63) is 65.5 Å². The molecule has 3 rings (SSSR count). The van der Waals surface area contributed by atoms with Crippen LogP contribution in [0.1, 0.15) is 56.6 Å². The average molecular weight is 441 g/mol. The number of hydrogen-bond acceptors (Lipinski definition) is 3. The number of carbonyl (C=O) groups excluding carboxylic acids is 2. The SMILES string of the molecule is CC[C@@H](C(=O)NC1CCCCC1)N(Cc1ccc(F)cc1)C(=O)COc1ccc(C)cc1. The molecule has 2 amide bonds. The molecule has 6 heteroatoms. The van der Waals surface area contributed by atoms with E-state index in [-0.39, 0.29) is 36.8 Å². The minimum atomic E-state index is -0.615. The zero-order valence-corrected chi connectivity index (χ0v) is 19.0. The first-order valence-electron chi connectivity index (χ1n) is 11.5. The number of halogens is 1. The van der Waals surface area contributed by atoms with Crippen LogP contribution in [-0.2, 0) is 16.1 Å². The molecule has 0 aromatic heterocycles. The van der Waals surface area contributed by atoms with Crippen molar-refractivity contribution in [2.45, 2.75) is 71.0 Å². The third kappa shape index (κ3) is 6.81. The van der Waals surface area contributed by atoms with E-state index in [1.54, 1.807) is 17.0 Å². The largest absolute Gasteiger partial charge is 0.484 e. The number of amides is 2. The van der Waals surface area contributed by atoms with Gasteiger partial charge in [-0.05, 0) is 56.0 Å². The number of nitrogens with one attached hydrogen (secondary N) is 1. The second-order valence-electron chi connectivity index (χ2n) is 8.52. The number of aryl methyl sites for hydroxylation is 1. The molecule has 2 aromatic carbocycles. The van der Waals surface area contributed by atoms with Crippen LogP contribution in [0.15, 0.2) is 48.5 Å². The lowest BCUT2D eigenvalue weighted by Gasteiger charge is -2.32. The second kappa shape index (κ2) is 11.7. The minimum absolute atomic E-state index is 0.134. The maximum atomic E-state index is 13.4. The molecule has 1 aliphatic rings. The van der Waals surface area contributed by atoms with Gasteiger partial charge in [0.1, 0.15) is 17.6 Å². The summed E-state index contributed by atoms with van der Waals surface area (Å²) in [5.41, 5.74) is 1.87. The Labute approximate surface area is 190 Å². The van der Waals surface area contributed by atoms with Crippen LogP contribution in [0.2, 0.25) is 0 Å². The first-order valence-corrected chi connectivity index (χ1v) is 11.5. The van der Waals surface area contributed by atoms with Gasteiger partial charge in [-0.3, -0.25) is 9.59 Å². The number of nitrogens with zero attached hydrogens (tertiary/aromatic N) is 1. The maximum absolute atomic E-state index is 13.4. The fourth-order valence-corrected chi connectivity index (χ4v) is 4.11. The lowest BCUT2D eigenvalue weighted by Crippen LogP contribution is -2.52. The van der Waals surface area contributed by atoms with Gasteiger partial charge in [-0.1, -0.05) is 56.0 Å². The predicted octanol–water partition coefficient (Wildman–Crippen LogP) is 4.77. The molecule has 1 aliphatic carbocycles. The van der Waals surface area contributed by atoms with Crippen LogP contribution < -0.4 is 10.1 Å². The number of benzene rings is 2. The monoisotopic (exact) mass is 440 g/mol. The summed E-state index contributed by atoms with van der Waals surface area (Å²) in [7, 11) is 0. The number of rotatable bonds is 9. The van der Waals surface area contributed by atoms with Gasteiger partial charge in [0, 0.05) is 12.6 Å². The van der Waals surface area contributed by atoms with Gasteiger partial charge in [0.05, 0.1) is 0 Å². The Kier molecular flexibility index (Phi) is 8.65. The summed E-state index contributed by atoms with van der Waals surface area (Å²) in [5.74, 6) is -0.146.